The second-order valence-electron chi connectivity index (χ2n) is 3.59. The molecule has 2 nitrogen and oxygen atoms in total. The van der Waals surface area contributed by atoms with Crippen LogP contribution in [0.1, 0.15) is 6.42 Å². The predicted octanol–water partition coefficient (Wildman–Crippen LogP) is 2.13. The second kappa shape index (κ2) is 3.87. The van der Waals surface area contributed by atoms with E-state index in [0.29, 0.717) is 5.69 Å². The number of nitrogens with zero attached hydrogens (tertiary/aromatic N) is 1. The summed E-state index contributed by atoms with van der Waals surface area (Å²) < 4.78 is 14.3. The summed E-state index contributed by atoms with van der Waals surface area (Å²) in [6, 6.07) is 5.30. The van der Waals surface area contributed by atoms with Crippen molar-refractivity contribution in [3.05, 3.63) is 28.5 Å². The molecule has 1 aliphatic rings. The summed E-state index contributed by atoms with van der Waals surface area (Å²) in [5, 5.41) is 0. The van der Waals surface area contributed by atoms with Crippen LogP contribution in [0.5, 0.6) is 0 Å². The van der Waals surface area contributed by atoms with Crippen LogP contribution in [0.4, 0.5) is 10.1 Å². The molecular formula is C10H12BrFN2. The number of benzene rings is 1. The van der Waals surface area contributed by atoms with Crippen LogP contribution in [0.15, 0.2) is 22.7 Å². The molecule has 1 heterocycles. The third kappa shape index (κ3) is 1.91. The van der Waals surface area contributed by atoms with Crippen LogP contribution in [0.2, 0.25) is 0 Å². The van der Waals surface area contributed by atoms with Gasteiger partial charge in [0.15, 0.2) is 0 Å². The molecule has 1 aromatic rings. The van der Waals surface area contributed by atoms with Crippen LogP contribution >= 0.6 is 15.9 Å². The Bertz CT molecular complexity index is 343. The van der Waals surface area contributed by atoms with Crippen molar-refractivity contribution in [1.29, 1.82) is 0 Å². The van der Waals surface area contributed by atoms with Gasteiger partial charge in [-0.05, 0) is 24.6 Å². The molecule has 0 spiro atoms. The molecule has 0 saturated carbocycles. The lowest BCUT2D eigenvalue weighted by Crippen LogP contribution is -2.26. The number of halogens is 2. The quantitative estimate of drug-likeness (QED) is 0.837. The molecule has 1 fully saturated rings. The van der Waals surface area contributed by atoms with Gasteiger partial charge in [0.05, 0.1) is 5.69 Å². The highest BCUT2D eigenvalue weighted by molar-refractivity contribution is 9.10. The van der Waals surface area contributed by atoms with Gasteiger partial charge in [-0.3, -0.25) is 0 Å². The van der Waals surface area contributed by atoms with Gasteiger partial charge in [-0.15, -0.1) is 0 Å². The van der Waals surface area contributed by atoms with Crippen molar-refractivity contribution in [2.24, 2.45) is 5.73 Å². The first-order valence-corrected chi connectivity index (χ1v) is 5.41. The molecular weight excluding hydrogens is 247 g/mol. The third-order valence-corrected chi connectivity index (χ3v) is 2.97. The molecule has 1 unspecified atom stereocenters. The van der Waals surface area contributed by atoms with Gasteiger partial charge >= 0.3 is 0 Å². The fraction of sp³-hybridized carbons (Fsp3) is 0.400. The summed E-state index contributed by atoms with van der Waals surface area (Å²) in [5.74, 6) is -0.187. The molecule has 0 amide bonds. The van der Waals surface area contributed by atoms with E-state index >= 15 is 0 Å². The summed E-state index contributed by atoms with van der Waals surface area (Å²) in [6.45, 7) is 1.60. The number of hydrogen-bond donors (Lipinski definition) is 1. The van der Waals surface area contributed by atoms with E-state index in [2.05, 4.69) is 15.9 Å². The van der Waals surface area contributed by atoms with Crippen molar-refractivity contribution in [1.82, 2.24) is 0 Å². The van der Waals surface area contributed by atoms with E-state index in [-0.39, 0.29) is 11.9 Å². The van der Waals surface area contributed by atoms with Crippen molar-refractivity contribution in [3.8, 4) is 0 Å². The highest BCUT2D eigenvalue weighted by Gasteiger charge is 2.21. The molecule has 1 aromatic carbocycles. The van der Waals surface area contributed by atoms with Gasteiger partial charge in [0.1, 0.15) is 5.82 Å². The zero-order valence-electron chi connectivity index (χ0n) is 7.71. The summed E-state index contributed by atoms with van der Waals surface area (Å²) in [7, 11) is 0. The van der Waals surface area contributed by atoms with Crippen LogP contribution in [0.25, 0.3) is 0 Å². The van der Waals surface area contributed by atoms with Gasteiger partial charge in [0, 0.05) is 23.6 Å². The van der Waals surface area contributed by atoms with E-state index in [1.165, 1.54) is 6.07 Å². The van der Waals surface area contributed by atoms with E-state index in [0.717, 1.165) is 24.0 Å². The number of rotatable bonds is 1. The van der Waals surface area contributed by atoms with Crippen LogP contribution in [-0.2, 0) is 0 Å². The standard InChI is InChI=1S/C10H12BrFN2/c11-7-1-2-10(9(12)5-7)14-4-3-8(13)6-14/h1-2,5,8H,3-4,6,13H2. The largest absolute Gasteiger partial charge is 0.368 e. The van der Waals surface area contributed by atoms with E-state index < -0.39 is 0 Å². The lowest BCUT2D eigenvalue weighted by Gasteiger charge is -2.18. The van der Waals surface area contributed by atoms with Crippen molar-refractivity contribution in [2.45, 2.75) is 12.5 Å². The Kier molecular flexibility index (Phi) is 2.74. The number of anilines is 1. The van der Waals surface area contributed by atoms with Crippen molar-refractivity contribution >= 4 is 21.6 Å². The Balaban J connectivity index is 2.24. The first kappa shape index (κ1) is 9.93. The Hall–Kier alpha value is -0.610. The van der Waals surface area contributed by atoms with E-state index in [9.17, 15) is 4.39 Å². The molecule has 14 heavy (non-hydrogen) atoms. The summed E-state index contributed by atoms with van der Waals surface area (Å²) in [5.41, 5.74) is 6.42. The molecule has 76 valence electrons. The average molecular weight is 259 g/mol. The molecule has 0 aliphatic carbocycles. The summed E-state index contributed by atoms with van der Waals surface area (Å²) in [4.78, 5) is 1.99. The van der Waals surface area contributed by atoms with Gasteiger partial charge in [-0.2, -0.15) is 0 Å². The zero-order valence-corrected chi connectivity index (χ0v) is 9.30. The molecule has 1 aliphatic heterocycles. The zero-order chi connectivity index (χ0) is 10.1. The van der Waals surface area contributed by atoms with Gasteiger partial charge in [0.2, 0.25) is 0 Å². The van der Waals surface area contributed by atoms with Crippen molar-refractivity contribution < 1.29 is 4.39 Å². The van der Waals surface area contributed by atoms with Crippen LogP contribution < -0.4 is 10.6 Å². The fourth-order valence-corrected chi connectivity index (χ4v) is 2.08. The van der Waals surface area contributed by atoms with E-state index in [1.54, 1.807) is 6.07 Å². The molecule has 0 aromatic heterocycles. The van der Waals surface area contributed by atoms with Gasteiger partial charge in [-0.25, -0.2) is 4.39 Å². The maximum absolute atomic E-state index is 13.5. The molecule has 4 heteroatoms. The van der Waals surface area contributed by atoms with E-state index in [4.69, 9.17) is 5.73 Å². The van der Waals surface area contributed by atoms with E-state index in [1.807, 2.05) is 11.0 Å². The Morgan fingerprint density at radius 2 is 2.29 bits per heavy atom. The molecule has 0 radical (unpaired) electrons. The molecule has 0 bridgehead atoms. The Morgan fingerprint density at radius 3 is 2.86 bits per heavy atom. The van der Waals surface area contributed by atoms with Crippen LogP contribution in [0.3, 0.4) is 0 Å². The monoisotopic (exact) mass is 258 g/mol. The third-order valence-electron chi connectivity index (χ3n) is 2.48. The van der Waals surface area contributed by atoms with Gasteiger partial charge in [-0.1, -0.05) is 15.9 Å². The van der Waals surface area contributed by atoms with Gasteiger partial charge in [0.25, 0.3) is 0 Å². The Morgan fingerprint density at radius 1 is 1.50 bits per heavy atom. The number of hydrogen-bond acceptors (Lipinski definition) is 2. The van der Waals surface area contributed by atoms with Gasteiger partial charge < -0.3 is 10.6 Å². The van der Waals surface area contributed by atoms with Crippen LogP contribution in [-0.4, -0.2) is 19.1 Å². The minimum Gasteiger partial charge on any atom is -0.368 e. The minimum atomic E-state index is -0.187. The molecule has 1 saturated heterocycles. The average Bonchev–Trinajstić information content (AvgIpc) is 2.51. The van der Waals surface area contributed by atoms with Crippen molar-refractivity contribution in [2.75, 3.05) is 18.0 Å². The first-order chi connectivity index (χ1) is 6.66. The predicted molar refractivity (Wildman–Crippen MR) is 58.9 cm³/mol. The maximum atomic E-state index is 13.5. The number of nitrogens with two attached hydrogens (primary N) is 1. The maximum Gasteiger partial charge on any atom is 0.147 e. The van der Waals surface area contributed by atoms with Crippen LogP contribution in [0, 0.1) is 5.82 Å². The highest BCUT2D eigenvalue weighted by atomic mass is 79.9. The fourth-order valence-electron chi connectivity index (χ4n) is 1.74. The summed E-state index contributed by atoms with van der Waals surface area (Å²) in [6.07, 6.45) is 0.940. The normalized spacial score (nSPS) is 21.6. The minimum absolute atomic E-state index is 0.179. The lowest BCUT2D eigenvalue weighted by molar-refractivity contribution is 0.621. The molecule has 1 atom stereocenters. The first-order valence-electron chi connectivity index (χ1n) is 4.62. The SMILES string of the molecule is NC1CCN(c2ccc(Br)cc2F)C1. The lowest BCUT2D eigenvalue weighted by atomic mass is 10.3. The topological polar surface area (TPSA) is 29.3 Å². The second-order valence-corrected chi connectivity index (χ2v) is 4.51. The molecule has 2 rings (SSSR count). The molecule has 2 N–H and O–H groups in total. The van der Waals surface area contributed by atoms with Crippen molar-refractivity contribution in [3.63, 3.8) is 0 Å². The Labute approximate surface area is 91.0 Å². The smallest absolute Gasteiger partial charge is 0.147 e. The summed E-state index contributed by atoms with van der Waals surface area (Å²) >= 11 is 3.23. The highest BCUT2D eigenvalue weighted by Crippen LogP contribution is 2.25.